The molecule has 0 radical (unpaired) electrons. The minimum absolute atomic E-state index is 0.0159. The standard InChI is InChI=1S/C20H27ClFN3O/c21-15-5-3-6-16(22)19(15)18(24-10-1-2-11-24)13-23-20(26)17-7-4-12-25(17)14-8-9-14/h3,5-6,14,17-18H,1-2,4,7-13H2,(H,23,26)/t17-,18+/m0/s1. The monoisotopic (exact) mass is 379 g/mol. The first-order valence-electron chi connectivity index (χ1n) is 9.86. The summed E-state index contributed by atoms with van der Waals surface area (Å²) in [5.74, 6) is -0.199. The van der Waals surface area contributed by atoms with Gasteiger partial charge in [-0.15, -0.1) is 0 Å². The maximum atomic E-state index is 14.5. The molecule has 1 aromatic rings. The highest BCUT2D eigenvalue weighted by atomic mass is 35.5. The maximum Gasteiger partial charge on any atom is 0.237 e. The van der Waals surface area contributed by atoms with Gasteiger partial charge in [-0.3, -0.25) is 14.6 Å². The summed E-state index contributed by atoms with van der Waals surface area (Å²) in [5, 5.41) is 3.56. The molecule has 0 unspecified atom stereocenters. The zero-order valence-electron chi connectivity index (χ0n) is 15.1. The van der Waals surface area contributed by atoms with Crippen molar-refractivity contribution in [1.82, 2.24) is 15.1 Å². The molecule has 2 atom stereocenters. The lowest BCUT2D eigenvalue weighted by Crippen LogP contribution is -2.46. The smallest absolute Gasteiger partial charge is 0.237 e. The van der Waals surface area contributed by atoms with Gasteiger partial charge in [-0.25, -0.2) is 4.39 Å². The van der Waals surface area contributed by atoms with E-state index in [1.54, 1.807) is 12.1 Å². The lowest BCUT2D eigenvalue weighted by molar-refractivity contribution is -0.125. The molecule has 2 aliphatic heterocycles. The molecule has 2 saturated heterocycles. The third-order valence-corrected chi connectivity index (χ3v) is 6.33. The molecule has 3 fully saturated rings. The highest BCUT2D eigenvalue weighted by Crippen LogP contribution is 2.34. The van der Waals surface area contributed by atoms with Gasteiger partial charge in [-0.2, -0.15) is 0 Å². The van der Waals surface area contributed by atoms with Crippen LogP contribution in [0.3, 0.4) is 0 Å². The Bertz CT molecular complexity index is 640. The van der Waals surface area contributed by atoms with E-state index in [4.69, 9.17) is 11.6 Å². The lowest BCUT2D eigenvalue weighted by atomic mass is 10.0. The number of benzene rings is 1. The number of carbonyl (C=O) groups is 1. The largest absolute Gasteiger partial charge is 0.353 e. The maximum absolute atomic E-state index is 14.5. The van der Waals surface area contributed by atoms with Crippen LogP contribution < -0.4 is 5.32 Å². The number of carbonyl (C=O) groups excluding carboxylic acids is 1. The SMILES string of the molecule is O=C(NC[C@H](c1c(F)cccc1Cl)N1CCCC1)[C@@H]1CCCN1C1CC1. The summed E-state index contributed by atoms with van der Waals surface area (Å²) in [6, 6.07) is 5.20. The number of nitrogens with zero attached hydrogens (tertiary/aromatic N) is 2. The topological polar surface area (TPSA) is 35.6 Å². The van der Waals surface area contributed by atoms with E-state index >= 15 is 0 Å². The molecule has 1 N–H and O–H groups in total. The van der Waals surface area contributed by atoms with Gasteiger partial charge >= 0.3 is 0 Å². The van der Waals surface area contributed by atoms with Crippen LogP contribution in [0, 0.1) is 5.82 Å². The summed E-state index contributed by atoms with van der Waals surface area (Å²) >= 11 is 6.33. The molecule has 1 amide bonds. The first-order chi connectivity index (χ1) is 12.6. The Morgan fingerprint density at radius 1 is 1.19 bits per heavy atom. The van der Waals surface area contributed by atoms with E-state index in [1.807, 2.05) is 0 Å². The van der Waals surface area contributed by atoms with E-state index in [0.717, 1.165) is 45.3 Å². The van der Waals surface area contributed by atoms with Gasteiger partial charge in [-0.1, -0.05) is 17.7 Å². The van der Waals surface area contributed by atoms with Crippen molar-refractivity contribution in [2.45, 2.75) is 56.7 Å². The van der Waals surface area contributed by atoms with Crippen LogP contribution in [0.2, 0.25) is 5.02 Å². The molecule has 4 nitrogen and oxygen atoms in total. The van der Waals surface area contributed by atoms with Crippen molar-refractivity contribution in [3.8, 4) is 0 Å². The fourth-order valence-electron chi connectivity index (χ4n) is 4.52. The summed E-state index contributed by atoms with van der Waals surface area (Å²) in [6.45, 7) is 3.28. The molecule has 0 spiro atoms. The summed E-state index contributed by atoms with van der Waals surface area (Å²) < 4.78 is 14.5. The van der Waals surface area contributed by atoms with Gasteiger partial charge in [0.15, 0.2) is 0 Å². The minimum atomic E-state index is -0.288. The van der Waals surface area contributed by atoms with E-state index in [1.165, 1.54) is 18.9 Å². The van der Waals surface area contributed by atoms with Gasteiger partial charge in [0.2, 0.25) is 5.91 Å². The van der Waals surface area contributed by atoms with Crippen LogP contribution in [0.15, 0.2) is 18.2 Å². The van der Waals surface area contributed by atoms with Crippen LogP contribution in [-0.2, 0) is 4.79 Å². The molecule has 1 aliphatic carbocycles. The molecule has 3 aliphatic rings. The zero-order chi connectivity index (χ0) is 18.1. The molecular weight excluding hydrogens is 353 g/mol. The number of likely N-dealkylation sites (tertiary alicyclic amines) is 2. The first kappa shape index (κ1) is 18.2. The Morgan fingerprint density at radius 3 is 2.65 bits per heavy atom. The highest BCUT2D eigenvalue weighted by molar-refractivity contribution is 6.31. The lowest BCUT2D eigenvalue weighted by Gasteiger charge is -2.30. The number of nitrogens with one attached hydrogen (secondary N) is 1. The number of rotatable bonds is 6. The van der Waals surface area contributed by atoms with Gasteiger partial charge in [0.1, 0.15) is 5.82 Å². The van der Waals surface area contributed by atoms with E-state index in [2.05, 4.69) is 15.1 Å². The molecule has 26 heavy (non-hydrogen) atoms. The molecule has 2 heterocycles. The second-order valence-corrected chi connectivity index (χ2v) is 8.17. The van der Waals surface area contributed by atoms with E-state index in [0.29, 0.717) is 23.2 Å². The van der Waals surface area contributed by atoms with Crippen molar-refractivity contribution in [3.63, 3.8) is 0 Å². The Hall–Kier alpha value is -1.17. The Labute approximate surface area is 159 Å². The van der Waals surface area contributed by atoms with Crippen molar-refractivity contribution < 1.29 is 9.18 Å². The number of hydrogen-bond donors (Lipinski definition) is 1. The first-order valence-corrected chi connectivity index (χ1v) is 10.2. The van der Waals surface area contributed by atoms with Crippen LogP contribution >= 0.6 is 11.6 Å². The zero-order valence-corrected chi connectivity index (χ0v) is 15.8. The van der Waals surface area contributed by atoms with Gasteiger partial charge in [0, 0.05) is 23.2 Å². The van der Waals surface area contributed by atoms with Crippen LogP contribution in [-0.4, -0.2) is 54.0 Å². The average molecular weight is 380 g/mol. The second kappa shape index (κ2) is 7.83. The van der Waals surface area contributed by atoms with Gasteiger partial charge in [0.25, 0.3) is 0 Å². The molecular formula is C20H27ClFN3O. The fourth-order valence-corrected chi connectivity index (χ4v) is 4.81. The fraction of sp³-hybridized carbons (Fsp3) is 0.650. The number of amides is 1. The molecule has 4 rings (SSSR count). The van der Waals surface area contributed by atoms with E-state index in [-0.39, 0.29) is 23.8 Å². The Kier molecular flexibility index (Phi) is 5.48. The average Bonchev–Trinajstić information content (AvgIpc) is 3.11. The summed E-state index contributed by atoms with van der Waals surface area (Å²) in [7, 11) is 0. The summed E-state index contributed by atoms with van der Waals surface area (Å²) in [5.41, 5.74) is 0.516. The Morgan fingerprint density at radius 2 is 1.96 bits per heavy atom. The predicted octanol–water partition coefficient (Wildman–Crippen LogP) is 3.36. The van der Waals surface area contributed by atoms with Crippen molar-refractivity contribution in [3.05, 3.63) is 34.6 Å². The highest BCUT2D eigenvalue weighted by Gasteiger charge is 2.40. The number of halogens is 2. The molecule has 0 bridgehead atoms. The van der Waals surface area contributed by atoms with Gasteiger partial charge < -0.3 is 5.32 Å². The molecule has 1 saturated carbocycles. The van der Waals surface area contributed by atoms with Crippen molar-refractivity contribution in [2.24, 2.45) is 0 Å². The molecule has 142 valence electrons. The summed E-state index contributed by atoms with van der Waals surface area (Å²) in [6.07, 6.45) is 6.65. The Balaban J connectivity index is 1.47. The van der Waals surface area contributed by atoms with E-state index < -0.39 is 0 Å². The van der Waals surface area contributed by atoms with Crippen LogP contribution in [0.5, 0.6) is 0 Å². The van der Waals surface area contributed by atoms with Crippen LogP contribution in [0.1, 0.15) is 50.1 Å². The van der Waals surface area contributed by atoms with Crippen LogP contribution in [0.4, 0.5) is 4.39 Å². The van der Waals surface area contributed by atoms with E-state index in [9.17, 15) is 9.18 Å². The van der Waals surface area contributed by atoms with Crippen molar-refractivity contribution >= 4 is 17.5 Å². The predicted molar refractivity (Wildman–Crippen MR) is 101 cm³/mol. The minimum Gasteiger partial charge on any atom is -0.353 e. The van der Waals surface area contributed by atoms with Crippen LogP contribution in [0.25, 0.3) is 0 Å². The molecule has 0 aromatic heterocycles. The normalized spacial score (nSPS) is 25.5. The molecule has 1 aromatic carbocycles. The third-order valence-electron chi connectivity index (χ3n) is 6.00. The van der Waals surface area contributed by atoms with Crippen molar-refractivity contribution in [2.75, 3.05) is 26.2 Å². The van der Waals surface area contributed by atoms with Crippen molar-refractivity contribution in [1.29, 1.82) is 0 Å². The molecule has 6 heteroatoms. The third kappa shape index (κ3) is 3.75. The quantitative estimate of drug-likeness (QED) is 0.823. The summed E-state index contributed by atoms with van der Waals surface area (Å²) in [4.78, 5) is 17.4. The number of hydrogen-bond acceptors (Lipinski definition) is 3. The second-order valence-electron chi connectivity index (χ2n) is 7.77. The van der Waals surface area contributed by atoms with Gasteiger partial charge in [-0.05, 0) is 70.3 Å². The van der Waals surface area contributed by atoms with Gasteiger partial charge in [0.05, 0.1) is 12.1 Å².